The smallest absolute Gasteiger partial charge is 0.155 e. The minimum absolute atomic E-state index is 0.0529. The van der Waals surface area contributed by atoms with Crippen molar-refractivity contribution in [1.29, 1.82) is 0 Å². The molecule has 0 bridgehead atoms. The molecule has 4 rings (SSSR count). The van der Waals surface area contributed by atoms with E-state index in [4.69, 9.17) is 0 Å². The van der Waals surface area contributed by atoms with Gasteiger partial charge in [-0.15, -0.1) is 0 Å². The average Bonchev–Trinajstić information content (AvgIpc) is 2.72. The molecule has 4 aliphatic carbocycles. The molecule has 0 amide bonds. The standard InChI is InChI=1S/C20H28O2/c1-12-10-17-15-5-4-13-11-14(21)6-8-19(13,2)16(15)7-9-20(17,3)18(12)22/h11-12,15-17H,4-10H2,1-3H3/t12-,15-,16+,17+,19+,20+/m1/s1. The summed E-state index contributed by atoms with van der Waals surface area (Å²) in [6, 6.07) is 0. The van der Waals surface area contributed by atoms with Crippen molar-refractivity contribution in [2.45, 2.75) is 65.7 Å². The minimum Gasteiger partial charge on any atom is -0.299 e. The average molecular weight is 300 g/mol. The van der Waals surface area contributed by atoms with Crippen molar-refractivity contribution in [1.82, 2.24) is 0 Å². The molecule has 22 heavy (non-hydrogen) atoms. The predicted molar refractivity (Wildman–Crippen MR) is 86.3 cm³/mol. The Kier molecular flexibility index (Phi) is 3.03. The minimum atomic E-state index is -0.0529. The van der Waals surface area contributed by atoms with Crippen LogP contribution in [0.5, 0.6) is 0 Å². The molecule has 3 fully saturated rings. The molecular formula is C20H28O2. The van der Waals surface area contributed by atoms with Crippen LogP contribution in [0.25, 0.3) is 0 Å². The number of rotatable bonds is 0. The Morgan fingerprint density at radius 3 is 2.55 bits per heavy atom. The molecule has 0 unspecified atom stereocenters. The lowest BCUT2D eigenvalue weighted by molar-refractivity contribution is -0.134. The number of hydrogen-bond acceptors (Lipinski definition) is 2. The quantitative estimate of drug-likeness (QED) is 0.667. The van der Waals surface area contributed by atoms with Crippen LogP contribution in [0.3, 0.4) is 0 Å². The fourth-order valence-electron chi connectivity index (χ4n) is 6.67. The van der Waals surface area contributed by atoms with Crippen LogP contribution in [0.1, 0.15) is 65.7 Å². The van der Waals surface area contributed by atoms with E-state index in [-0.39, 0.29) is 16.7 Å². The summed E-state index contributed by atoms with van der Waals surface area (Å²) in [5.74, 6) is 3.09. The summed E-state index contributed by atoms with van der Waals surface area (Å²) in [6.07, 6.45) is 9.35. The number of Topliss-reactive ketones (excluding diaryl/α,β-unsaturated/α-hetero) is 1. The molecule has 0 N–H and O–H groups in total. The van der Waals surface area contributed by atoms with Crippen molar-refractivity contribution in [2.75, 3.05) is 0 Å². The van der Waals surface area contributed by atoms with Gasteiger partial charge in [-0.1, -0.05) is 26.3 Å². The second-order valence-electron chi connectivity index (χ2n) is 8.93. The van der Waals surface area contributed by atoms with E-state index in [0.29, 0.717) is 29.3 Å². The van der Waals surface area contributed by atoms with Gasteiger partial charge in [0, 0.05) is 17.8 Å². The zero-order valence-electron chi connectivity index (χ0n) is 14.2. The number of ketones is 2. The van der Waals surface area contributed by atoms with Gasteiger partial charge >= 0.3 is 0 Å². The third kappa shape index (κ3) is 1.73. The van der Waals surface area contributed by atoms with Crippen molar-refractivity contribution < 1.29 is 9.59 Å². The van der Waals surface area contributed by atoms with Gasteiger partial charge in [0.15, 0.2) is 5.78 Å². The van der Waals surface area contributed by atoms with Gasteiger partial charge in [0.25, 0.3) is 0 Å². The molecule has 0 heterocycles. The lowest BCUT2D eigenvalue weighted by Gasteiger charge is -2.56. The maximum Gasteiger partial charge on any atom is 0.155 e. The number of allylic oxidation sites excluding steroid dienone is 1. The molecular weight excluding hydrogens is 272 g/mol. The van der Waals surface area contributed by atoms with Crippen molar-refractivity contribution in [3.63, 3.8) is 0 Å². The van der Waals surface area contributed by atoms with E-state index in [1.54, 1.807) is 0 Å². The molecule has 0 saturated heterocycles. The SMILES string of the molecule is C[C@@H]1C[C@H]2[C@@H]3CCC4=CC(=O)CC[C@]4(C)[C@H]3CC[C@]2(C)C1=O. The van der Waals surface area contributed by atoms with E-state index >= 15 is 0 Å². The molecule has 0 aliphatic heterocycles. The molecule has 0 radical (unpaired) electrons. The summed E-state index contributed by atoms with van der Waals surface area (Å²) in [7, 11) is 0. The zero-order valence-corrected chi connectivity index (χ0v) is 14.2. The van der Waals surface area contributed by atoms with E-state index < -0.39 is 0 Å². The third-order valence-corrected chi connectivity index (χ3v) is 7.97. The summed E-state index contributed by atoms with van der Waals surface area (Å²) in [6.45, 7) is 6.79. The second kappa shape index (κ2) is 4.55. The molecule has 120 valence electrons. The first-order chi connectivity index (χ1) is 10.4. The van der Waals surface area contributed by atoms with Crippen LogP contribution in [-0.4, -0.2) is 11.6 Å². The third-order valence-electron chi connectivity index (χ3n) is 7.97. The second-order valence-corrected chi connectivity index (χ2v) is 8.93. The predicted octanol–water partition coefficient (Wildman–Crippen LogP) is 4.33. The van der Waals surface area contributed by atoms with Gasteiger partial charge in [-0.2, -0.15) is 0 Å². The summed E-state index contributed by atoms with van der Waals surface area (Å²) in [5, 5.41) is 0. The summed E-state index contributed by atoms with van der Waals surface area (Å²) in [5.41, 5.74) is 1.60. The van der Waals surface area contributed by atoms with Crippen LogP contribution < -0.4 is 0 Å². The van der Waals surface area contributed by atoms with Crippen LogP contribution in [-0.2, 0) is 9.59 Å². The Hall–Kier alpha value is -0.920. The van der Waals surface area contributed by atoms with Gasteiger partial charge in [0.2, 0.25) is 0 Å². The van der Waals surface area contributed by atoms with Gasteiger partial charge in [-0.3, -0.25) is 9.59 Å². The van der Waals surface area contributed by atoms with Crippen LogP contribution in [0, 0.1) is 34.5 Å². The van der Waals surface area contributed by atoms with Gasteiger partial charge in [-0.05, 0) is 67.8 Å². The highest BCUT2D eigenvalue weighted by Gasteiger charge is 2.60. The first-order valence-electron chi connectivity index (χ1n) is 9.14. The van der Waals surface area contributed by atoms with Crippen molar-refractivity contribution in [3.05, 3.63) is 11.6 Å². The van der Waals surface area contributed by atoms with Gasteiger partial charge in [0.1, 0.15) is 5.78 Å². The number of fused-ring (bicyclic) bond motifs is 5. The van der Waals surface area contributed by atoms with Gasteiger partial charge in [-0.25, -0.2) is 0 Å². The lowest BCUT2D eigenvalue weighted by atomic mass is 9.47. The van der Waals surface area contributed by atoms with E-state index in [1.165, 1.54) is 18.4 Å². The van der Waals surface area contributed by atoms with Crippen LogP contribution in [0.15, 0.2) is 11.6 Å². The summed E-state index contributed by atoms with van der Waals surface area (Å²) < 4.78 is 0. The van der Waals surface area contributed by atoms with Crippen LogP contribution in [0.2, 0.25) is 0 Å². The van der Waals surface area contributed by atoms with Crippen molar-refractivity contribution in [2.24, 2.45) is 34.5 Å². The highest BCUT2D eigenvalue weighted by Crippen LogP contribution is 2.64. The maximum atomic E-state index is 12.7. The Balaban J connectivity index is 1.70. The molecule has 6 atom stereocenters. The zero-order chi connectivity index (χ0) is 15.7. The Bertz CT molecular complexity index is 574. The molecule has 2 nitrogen and oxygen atoms in total. The van der Waals surface area contributed by atoms with E-state index in [2.05, 4.69) is 20.8 Å². The number of carbonyl (C=O) groups is 2. The Morgan fingerprint density at radius 2 is 1.77 bits per heavy atom. The lowest BCUT2D eigenvalue weighted by Crippen LogP contribution is -2.50. The normalized spacial score (nSPS) is 51.0. The monoisotopic (exact) mass is 300 g/mol. The molecule has 0 aromatic rings. The molecule has 4 aliphatic rings. The van der Waals surface area contributed by atoms with E-state index in [9.17, 15) is 9.59 Å². The first kappa shape index (κ1) is 14.7. The molecule has 0 spiro atoms. The molecule has 2 heteroatoms. The fraction of sp³-hybridized carbons (Fsp3) is 0.800. The highest BCUT2D eigenvalue weighted by atomic mass is 16.1. The topological polar surface area (TPSA) is 34.1 Å². The largest absolute Gasteiger partial charge is 0.299 e. The Labute approximate surface area is 133 Å². The maximum absolute atomic E-state index is 12.7. The van der Waals surface area contributed by atoms with Crippen molar-refractivity contribution >= 4 is 11.6 Å². The Morgan fingerprint density at radius 1 is 1.00 bits per heavy atom. The highest BCUT2D eigenvalue weighted by molar-refractivity contribution is 5.92. The van der Waals surface area contributed by atoms with Gasteiger partial charge < -0.3 is 0 Å². The fourth-order valence-corrected chi connectivity index (χ4v) is 6.67. The van der Waals surface area contributed by atoms with E-state index in [0.717, 1.165) is 32.1 Å². The van der Waals surface area contributed by atoms with Crippen molar-refractivity contribution in [3.8, 4) is 0 Å². The first-order valence-corrected chi connectivity index (χ1v) is 9.14. The van der Waals surface area contributed by atoms with Crippen LogP contribution in [0.4, 0.5) is 0 Å². The molecule has 3 saturated carbocycles. The van der Waals surface area contributed by atoms with Gasteiger partial charge in [0.05, 0.1) is 0 Å². The van der Waals surface area contributed by atoms with E-state index in [1.807, 2.05) is 6.08 Å². The van der Waals surface area contributed by atoms with Crippen LogP contribution >= 0.6 is 0 Å². The molecule has 0 aromatic carbocycles. The summed E-state index contributed by atoms with van der Waals surface area (Å²) in [4.78, 5) is 24.5. The molecule has 0 aromatic heterocycles. The number of hydrogen-bond donors (Lipinski definition) is 0. The number of carbonyl (C=O) groups excluding carboxylic acids is 2. The summed E-state index contributed by atoms with van der Waals surface area (Å²) >= 11 is 0.